The maximum Gasteiger partial charge on any atom is 0.331 e. The lowest BCUT2D eigenvalue weighted by Crippen LogP contribution is -2.61. The maximum absolute atomic E-state index is 14.2. The van der Waals surface area contributed by atoms with Crippen molar-refractivity contribution >= 4 is 23.0 Å². The molecule has 300 valence electrons. The molecular formula is C37H38O19. The predicted octanol–water partition coefficient (Wildman–Crippen LogP) is -0.793. The lowest BCUT2D eigenvalue weighted by Gasteiger charge is -2.41. The Kier molecular flexibility index (Phi) is 12.0. The number of methoxy groups -OCH3 is 1. The van der Waals surface area contributed by atoms with Gasteiger partial charge in [-0.2, -0.15) is 0 Å². The van der Waals surface area contributed by atoms with Gasteiger partial charge in [-0.25, -0.2) is 4.79 Å². The van der Waals surface area contributed by atoms with E-state index >= 15 is 0 Å². The van der Waals surface area contributed by atoms with Gasteiger partial charge < -0.3 is 83.9 Å². The smallest absolute Gasteiger partial charge is 0.331 e. The molecule has 2 saturated heterocycles. The van der Waals surface area contributed by atoms with Crippen molar-refractivity contribution in [3.63, 3.8) is 0 Å². The maximum atomic E-state index is 14.2. The summed E-state index contributed by atoms with van der Waals surface area (Å²) in [4.78, 5) is 27.2. The van der Waals surface area contributed by atoms with Gasteiger partial charge in [-0.05, 0) is 48.0 Å². The summed E-state index contributed by atoms with van der Waals surface area (Å²) in [5, 5.41) is 102. The van der Waals surface area contributed by atoms with Crippen molar-refractivity contribution in [3.8, 4) is 45.8 Å². The van der Waals surface area contributed by atoms with Gasteiger partial charge in [-0.1, -0.05) is 6.07 Å². The van der Waals surface area contributed by atoms with Crippen LogP contribution in [0.3, 0.4) is 0 Å². The molecule has 0 unspecified atom stereocenters. The van der Waals surface area contributed by atoms with Crippen LogP contribution in [0.4, 0.5) is 0 Å². The molecule has 0 radical (unpaired) electrons. The summed E-state index contributed by atoms with van der Waals surface area (Å²) in [6.45, 7) is -1.59. The average Bonchev–Trinajstić information content (AvgIpc) is 3.18. The number of hydrogen-bond donors (Lipinski definition) is 10. The molecule has 3 aromatic carbocycles. The summed E-state index contributed by atoms with van der Waals surface area (Å²) in [5.74, 6) is -3.35. The molecular weight excluding hydrogens is 748 g/mol. The summed E-state index contributed by atoms with van der Waals surface area (Å²) in [5.41, 5.74) is -0.883. The van der Waals surface area contributed by atoms with Gasteiger partial charge in [0.05, 0.1) is 20.3 Å². The Hall–Kier alpha value is -5.48. The minimum atomic E-state index is -1.95. The number of rotatable bonds is 11. The lowest BCUT2D eigenvalue weighted by molar-refractivity contribution is -0.281. The van der Waals surface area contributed by atoms with E-state index in [1.54, 1.807) is 0 Å². The molecule has 4 aromatic rings. The van der Waals surface area contributed by atoms with E-state index in [9.17, 15) is 60.7 Å². The molecule has 10 N–H and O–H groups in total. The van der Waals surface area contributed by atoms with Crippen molar-refractivity contribution in [2.24, 2.45) is 0 Å². The molecule has 0 spiro atoms. The van der Waals surface area contributed by atoms with E-state index in [1.807, 2.05) is 0 Å². The first-order valence-electron chi connectivity index (χ1n) is 16.9. The van der Waals surface area contributed by atoms with E-state index in [1.165, 1.54) is 55.7 Å². The number of carbonyl (C=O) groups is 1. The molecule has 1 aromatic heterocycles. The number of phenolic OH excluding ortho intramolecular Hbond substituents is 3. The van der Waals surface area contributed by atoms with Crippen molar-refractivity contribution in [2.45, 2.75) is 61.4 Å². The Morgan fingerprint density at radius 3 is 2.09 bits per heavy atom. The molecule has 2 aliphatic heterocycles. The van der Waals surface area contributed by atoms with Crippen LogP contribution >= 0.6 is 0 Å². The number of hydrogen-bond acceptors (Lipinski definition) is 19. The molecule has 0 amide bonds. The summed E-state index contributed by atoms with van der Waals surface area (Å²) < 4.78 is 39.1. The zero-order valence-corrected chi connectivity index (χ0v) is 29.2. The van der Waals surface area contributed by atoms with Crippen LogP contribution in [-0.4, -0.2) is 139 Å². The van der Waals surface area contributed by atoms with Crippen LogP contribution in [0.15, 0.2) is 69.9 Å². The fourth-order valence-corrected chi connectivity index (χ4v) is 6.06. The van der Waals surface area contributed by atoms with Crippen LogP contribution in [0, 0.1) is 0 Å². The average molecular weight is 787 g/mol. The molecule has 0 bridgehead atoms. The third-order valence-electron chi connectivity index (χ3n) is 9.06. The van der Waals surface area contributed by atoms with Gasteiger partial charge in [0.1, 0.15) is 70.9 Å². The van der Waals surface area contributed by atoms with E-state index in [0.29, 0.717) is 5.56 Å². The highest BCUT2D eigenvalue weighted by molar-refractivity contribution is 5.89. The molecule has 2 fully saturated rings. The zero-order chi connectivity index (χ0) is 40.4. The second-order valence-corrected chi connectivity index (χ2v) is 12.8. The van der Waals surface area contributed by atoms with Gasteiger partial charge in [0.25, 0.3) is 0 Å². The van der Waals surface area contributed by atoms with Gasteiger partial charge in [0.15, 0.2) is 23.4 Å². The second kappa shape index (κ2) is 16.7. The minimum absolute atomic E-state index is 0.104. The molecule has 10 atom stereocenters. The van der Waals surface area contributed by atoms with E-state index in [4.69, 9.17) is 32.8 Å². The molecule has 3 heterocycles. The topological polar surface area (TPSA) is 305 Å². The highest BCUT2D eigenvalue weighted by Crippen LogP contribution is 2.39. The Bertz CT molecular complexity index is 2110. The van der Waals surface area contributed by atoms with E-state index in [2.05, 4.69) is 0 Å². The van der Waals surface area contributed by atoms with Crippen molar-refractivity contribution in [2.75, 3.05) is 20.3 Å². The quantitative estimate of drug-likeness (QED) is 0.0658. The molecule has 19 nitrogen and oxygen atoms in total. The first kappa shape index (κ1) is 40.2. The molecule has 56 heavy (non-hydrogen) atoms. The molecule has 19 heteroatoms. The molecule has 0 saturated carbocycles. The second-order valence-electron chi connectivity index (χ2n) is 12.8. The van der Waals surface area contributed by atoms with Crippen LogP contribution in [-0.2, 0) is 19.0 Å². The lowest BCUT2D eigenvalue weighted by atomic mass is 9.99. The Labute approximate surface area is 315 Å². The minimum Gasteiger partial charge on any atom is -0.508 e. The zero-order valence-electron chi connectivity index (χ0n) is 29.2. The van der Waals surface area contributed by atoms with Crippen LogP contribution in [0.5, 0.6) is 34.5 Å². The normalized spacial score (nSPS) is 27.9. The van der Waals surface area contributed by atoms with Gasteiger partial charge in [-0.3, -0.25) is 4.79 Å². The van der Waals surface area contributed by atoms with Crippen molar-refractivity contribution in [1.29, 1.82) is 0 Å². The van der Waals surface area contributed by atoms with Crippen molar-refractivity contribution in [1.82, 2.24) is 0 Å². The number of benzene rings is 3. The Morgan fingerprint density at radius 1 is 0.768 bits per heavy atom. The van der Waals surface area contributed by atoms with Gasteiger partial charge in [0, 0.05) is 23.8 Å². The first-order chi connectivity index (χ1) is 26.7. The Balaban J connectivity index is 1.37. The standard InChI is InChI=1S/C37H38O19/c1-50-21-10-15(2-8-19(21)41)3-9-25(43)55-35-31(48)28(45)24(14-39)54-37(35)56-34-29(46)26-20(42)11-18(51-36-32(49)30(47)27(44)23(13-38)53-36)12-22(26)52-33(34)16-4-6-17(40)7-5-16/h2-12,23-24,27-28,30-32,35-42,44-45,47-49H,13-14H2,1H3/b9-3+/t23-,24-,27-,28-,30+,31+,32-,35-,36-,37+/m1/s1. The third kappa shape index (κ3) is 8.07. The molecule has 2 aliphatic rings. The fourth-order valence-electron chi connectivity index (χ4n) is 6.06. The number of fused-ring (bicyclic) bond motifs is 1. The number of phenols is 3. The van der Waals surface area contributed by atoms with E-state index in [0.717, 1.165) is 18.2 Å². The highest BCUT2D eigenvalue weighted by Gasteiger charge is 2.49. The molecule has 0 aliphatic carbocycles. The summed E-state index contributed by atoms with van der Waals surface area (Å²) >= 11 is 0. The summed E-state index contributed by atoms with van der Waals surface area (Å²) in [7, 11) is 1.33. The summed E-state index contributed by atoms with van der Waals surface area (Å²) in [6.07, 6.45) is -15.1. The van der Waals surface area contributed by atoms with Gasteiger partial charge >= 0.3 is 5.97 Å². The largest absolute Gasteiger partial charge is 0.508 e. The van der Waals surface area contributed by atoms with Crippen LogP contribution in [0.2, 0.25) is 0 Å². The van der Waals surface area contributed by atoms with Crippen molar-refractivity contribution < 1.29 is 88.7 Å². The van der Waals surface area contributed by atoms with Crippen LogP contribution < -0.4 is 19.6 Å². The first-order valence-corrected chi connectivity index (χ1v) is 16.9. The van der Waals surface area contributed by atoms with Crippen LogP contribution in [0.1, 0.15) is 5.56 Å². The number of aliphatic hydroxyl groups is 7. The number of carbonyl (C=O) groups excluding carboxylic acids is 1. The summed E-state index contributed by atoms with van der Waals surface area (Å²) in [6, 6.07) is 11.4. The number of aliphatic hydroxyl groups excluding tert-OH is 7. The third-order valence-corrected chi connectivity index (χ3v) is 9.06. The van der Waals surface area contributed by atoms with E-state index < -0.39 is 103 Å². The number of esters is 1. The van der Waals surface area contributed by atoms with Gasteiger partial charge in [-0.15, -0.1) is 0 Å². The fraction of sp³-hybridized carbons (Fsp3) is 0.351. The number of ether oxygens (including phenoxy) is 6. The van der Waals surface area contributed by atoms with Crippen LogP contribution in [0.25, 0.3) is 28.4 Å². The number of aromatic hydroxyl groups is 3. The highest BCUT2D eigenvalue weighted by atomic mass is 16.7. The Morgan fingerprint density at radius 2 is 1.43 bits per heavy atom. The monoisotopic (exact) mass is 786 g/mol. The van der Waals surface area contributed by atoms with Gasteiger partial charge in [0.2, 0.25) is 23.8 Å². The van der Waals surface area contributed by atoms with E-state index in [-0.39, 0.29) is 39.9 Å². The molecule has 6 rings (SSSR count). The van der Waals surface area contributed by atoms with Crippen molar-refractivity contribution in [3.05, 3.63) is 76.5 Å². The predicted molar refractivity (Wildman–Crippen MR) is 188 cm³/mol. The SMILES string of the molecule is COc1cc(/C=C/C(=O)O[C@H]2[C@H](Oc3c(-c4ccc(O)cc4)oc4cc(O[C@@H]5O[C@H](CO)[C@@H](O)[C@H](O)[C@H]5O)cc(O)c4c3=O)O[C@H](CO)[C@@H](O)[C@@H]2O)ccc1O.